The van der Waals surface area contributed by atoms with Crippen molar-refractivity contribution in [1.82, 2.24) is 10.3 Å². The number of aryl methyl sites for hydroxylation is 1. The summed E-state index contributed by atoms with van der Waals surface area (Å²) < 4.78 is 0. The van der Waals surface area contributed by atoms with E-state index in [1.54, 1.807) is 6.20 Å². The lowest BCUT2D eigenvalue weighted by Gasteiger charge is -2.37. The molecule has 1 aliphatic rings. The summed E-state index contributed by atoms with van der Waals surface area (Å²) in [6.45, 7) is 10.9. The molecule has 1 aliphatic heterocycles. The fourth-order valence-electron chi connectivity index (χ4n) is 3.30. The van der Waals surface area contributed by atoms with Crippen LogP contribution in [-0.2, 0) is 0 Å². The van der Waals surface area contributed by atoms with Crippen LogP contribution in [0.1, 0.15) is 34.8 Å². The van der Waals surface area contributed by atoms with Crippen molar-refractivity contribution < 1.29 is 4.79 Å². The smallest absolute Gasteiger partial charge is 0.252 e. The number of hydrogen-bond acceptors (Lipinski definition) is 4. The van der Waals surface area contributed by atoms with Crippen molar-refractivity contribution in [2.75, 3.05) is 42.5 Å². The van der Waals surface area contributed by atoms with Crippen molar-refractivity contribution in [3.63, 3.8) is 0 Å². The monoisotopic (exact) mass is 352 g/mol. The number of benzene rings is 1. The Bertz CT molecular complexity index is 749. The second-order valence-electron chi connectivity index (χ2n) is 6.85. The molecular weight excluding hydrogens is 324 g/mol. The van der Waals surface area contributed by atoms with Gasteiger partial charge in [-0.05, 0) is 49.6 Å². The highest BCUT2D eigenvalue weighted by Gasteiger charge is 2.20. The summed E-state index contributed by atoms with van der Waals surface area (Å²) in [5.41, 5.74) is 4.65. The summed E-state index contributed by atoms with van der Waals surface area (Å²) in [4.78, 5) is 21.2. The topological polar surface area (TPSA) is 48.5 Å². The van der Waals surface area contributed by atoms with Crippen LogP contribution in [-0.4, -0.2) is 43.6 Å². The molecule has 5 nitrogen and oxygen atoms in total. The highest BCUT2D eigenvalue weighted by molar-refractivity contribution is 5.94. The van der Waals surface area contributed by atoms with Crippen LogP contribution < -0.4 is 15.1 Å². The molecule has 0 atom stereocenters. The Morgan fingerprint density at radius 3 is 2.46 bits per heavy atom. The van der Waals surface area contributed by atoms with E-state index in [0.717, 1.165) is 38.4 Å². The predicted molar refractivity (Wildman–Crippen MR) is 107 cm³/mol. The van der Waals surface area contributed by atoms with Gasteiger partial charge in [-0.15, -0.1) is 0 Å². The van der Waals surface area contributed by atoms with Gasteiger partial charge < -0.3 is 15.1 Å². The van der Waals surface area contributed by atoms with E-state index in [9.17, 15) is 4.79 Å². The molecule has 1 saturated heterocycles. The first-order chi connectivity index (χ1) is 12.6. The van der Waals surface area contributed by atoms with Crippen LogP contribution in [0.3, 0.4) is 0 Å². The van der Waals surface area contributed by atoms with Gasteiger partial charge >= 0.3 is 0 Å². The zero-order valence-electron chi connectivity index (χ0n) is 16.0. The molecule has 3 rings (SSSR count). The first-order valence-electron chi connectivity index (χ1n) is 9.40. The van der Waals surface area contributed by atoms with Gasteiger partial charge in [0, 0.05) is 44.6 Å². The second kappa shape index (κ2) is 8.21. The molecule has 1 N–H and O–H groups in total. The zero-order chi connectivity index (χ0) is 18.5. The Hall–Kier alpha value is -2.56. The lowest BCUT2D eigenvalue weighted by Crippen LogP contribution is -2.47. The van der Waals surface area contributed by atoms with E-state index in [4.69, 9.17) is 0 Å². The van der Waals surface area contributed by atoms with Crippen molar-refractivity contribution in [2.45, 2.75) is 27.2 Å². The van der Waals surface area contributed by atoms with Gasteiger partial charge in [0.15, 0.2) is 0 Å². The molecule has 0 aliphatic carbocycles. The van der Waals surface area contributed by atoms with Gasteiger partial charge in [0.05, 0.1) is 5.56 Å². The second-order valence-corrected chi connectivity index (χ2v) is 6.85. The molecule has 2 aromatic rings. The van der Waals surface area contributed by atoms with Gasteiger partial charge in [-0.3, -0.25) is 4.79 Å². The number of pyridine rings is 1. The minimum absolute atomic E-state index is 0.0503. The average Bonchev–Trinajstić information content (AvgIpc) is 2.68. The third kappa shape index (κ3) is 3.98. The number of carbonyl (C=O) groups is 1. The number of nitrogens with one attached hydrogen (secondary N) is 1. The highest BCUT2D eigenvalue weighted by Crippen LogP contribution is 2.25. The van der Waals surface area contributed by atoms with Crippen LogP contribution in [0, 0.1) is 13.8 Å². The van der Waals surface area contributed by atoms with Crippen molar-refractivity contribution in [3.05, 3.63) is 53.2 Å². The summed E-state index contributed by atoms with van der Waals surface area (Å²) in [5, 5.41) is 2.88. The number of nitrogens with zero attached hydrogens (tertiary/aromatic N) is 3. The predicted octanol–water partition coefficient (Wildman–Crippen LogP) is 3.16. The Labute approximate surface area is 156 Å². The fraction of sp³-hybridized carbons (Fsp3) is 0.429. The quantitative estimate of drug-likeness (QED) is 0.898. The van der Waals surface area contributed by atoms with Gasteiger partial charge in [-0.1, -0.05) is 19.1 Å². The Morgan fingerprint density at radius 2 is 1.81 bits per heavy atom. The number of amides is 1. The van der Waals surface area contributed by atoms with E-state index < -0.39 is 0 Å². The molecular formula is C21H28N4O. The lowest BCUT2D eigenvalue weighted by molar-refractivity contribution is 0.0953. The molecule has 26 heavy (non-hydrogen) atoms. The van der Waals surface area contributed by atoms with E-state index in [2.05, 4.69) is 52.1 Å². The molecule has 1 aromatic heterocycles. The summed E-state index contributed by atoms with van der Waals surface area (Å²) in [6, 6.07) is 10.3. The summed E-state index contributed by atoms with van der Waals surface area (Å²) in [6.07, 6.45) is 2.61. The molecule has 2 heterocycles. The number of carbonyl (C=O) groups excluding carboxylic acids is 1. The van der Waals surface area contributed by atoms with Gasteiger partial charge in [0.1, 0.15) is 5.82 Å². The maximum Gasteiger partial charge on any atom is 0.252 e. The number of aromatic nitrogens is 1. The average molecular weight is 352 g/mol. The van der Waals surface area contributed by atoms with Crippen molar-refractivity contribution in [1.29, 1.82) is 0 Å². The van der Waals surface area contributed by atoms with Crippen LogP contribution in [0.15, 0.2) is 36.5 Å². The van der Waals surface area contributed by atoms with Crippen LogP contribution in [0.5, 0.6) is 0 Å². The number of anilines is 2. The van der Waals surface area contributed by atoms with Crippen molar-refractivity contribution in [2.24, 2.45) is 0 Å². The minimum atomic E-state index is -0.0503. The maximum absolute atomic E-state index is 12.0. The van der Waals surface area contributed by atoms with E-state index in [1.165, 1.54) is 16.8 Å². The van der Waals surface area contributed by atoms with E-state index in [0.29, 0.717) is 12.1 Å². The van der Waals surface area contributed by atoms with Gasteiger partial charge in [0.25, 0.3) is 5.91 Å². The standard InChI is InChI=1S/C21H28N4O/c1-4-10-22-21(26)18-8-9-20(23-15-18)25-13-11-24(12-14-25)19-7-5-6-16(2)17(19)3/h5-9,15H,4,10-14H2,1-3H3,(H,22,26). The normalized spacial score (nSPS) is 14.4. The summed E-state index contributed by atoms with van der Waals surface area (Å²) in [5.74, 6) is 0.892. The Kier molecular flexibility index (Phi) is 5.76. The van der Waals surface area contributed by atoms with Gasteiger partial charge in [-0.2, -0.15) is 0 Å². The molecule has 1 fully saturated rings. The van der Waals surface area contributed by atoms with Crippen molar-refractivity contribution >= 4 is 17.4 Å². The summed E-state index contributed by atoms with van der Waals surface area (Å²) in [7, 11) is 0. The van der Waals surface area contributed by atoms with Gasteiger partial charge in [0.2, 0.25) is 0 Å². The van der Waals surface area contributed by atoms with Crippen LogP contribution >= 0.6 is 0 Å². The van der Waals surface area contributed by atoms with Crippen molar-refractivity contribution in [3.8, 4) is 0 Å². The largest absolute Gasteiger partial charge is 0.368 e. The molecule has 0 unspecified atom stereocenters. The molecule has 0 bridgehead atoms. The van der Waals surface area contributed by atoms with Gasteiger partial charge in [-0.25, -0.2) is 4.98 Å². The van der Waals surface area contributed by atoms with Crippen LogP contribution in [0.2, 0.25) is 0 Å². The number of hydrogen-bond donors (Lipinski definition) is 1. The van der Waals surface area contributed by atoms with E-state index >= 15 is 0 Å². The van der Waals surface area contributed by atoms with E-state index in [1.807, 2.05) is 19.1 Å². The third-order valence-electron chi connectivity index (χ3n) is 5.07. The van der Waals surface area contributed by atoms with Crippen LogP contribution in [0.4, 0.5) is 11.5 Å². The SMILES string of the molecule is CCCNC(=O)c1ccc(N2CCN(c3cccc(C)c3C)CC2)nc1. The molecule has 1 amide bonds. The zero-order valence-corrected chi connectivity index (χ0v) is 16.0. The maximum atomic E-state index is 12.0. The number of rotatable bonds is 5. The van der Waals surface area contributed by atoms with E-state index in [-0.39, 0.29) is 5.91 Å². The molecule has 138 valence electrons. The van der Waals surface area contributed by atoms with Crippen LogP contribution in [0.25, 0.3) is 0 Å². The molecule has 5 heteroatoms. The Morgan fingerprint density at radius 1 is 1.08 bits per heavy atom. The third-order valence-corrected chi connectivity index (χ3v) is 5.07. The molecule has 0 radical (unpaired) electrons. The Balaban J connectivity index is 1.61. The minimum Gasteiger partial charge on any atom is -0.368 e. The molecule has 0 saturated carbocycles. The lowest BCUT2D eigenvalue weighted by atomic mass is 10.1. The molecule has 0 spiro atoms. The molecule has 1 aromatic carbocycles. The summed E-state index contributed by atoms with van der Waals surface area (Å²) >= 11 is 0. The highest BCUT2D eigenvalue weighted by atomic mass is 16.1. The fourth-order valence-corrected chi connectivity index (χ4v) is 3.30. The first-order valence-corrected chi connectivity index (χ1v) is 9.40. The number of piperazine rings is 1. The first kappa shape index (κ1) is 18.2.